The number of amides is 1. The van der Waals surface area contributed by atoms with E-state index in [2.05, 4.69) is 10.0 Å². The molecular weight excluding hydrogens is 282 g/mol. The Balaban J connectivity index is 2.72. The Morgan fingerprint density at radius 3 is 2.70 bits per heavy atom. The zero-order valence-electron chi connectivity index (χ0n) is 11.5. The number of nitrogens with one attached hydrogen (secondary N) is 2. The first-order valence-electron chi connectivity index (χ1n) is 6.10. The number of ether oxygens (including phenoxy) is 1. The molecule has 0 heterocycles. The standard InChI is InChI=1S/C12H19N3O4S/c1-3-14-12(16)6-7-15-20(17,18)9-4-5-10(13)11(8-9)19-2/h4-5,8,15H,3,6-7,13H2,1-2H3,(H,14,16). The number of carbonyl (C=O) groups excluding carboxylic acids is 1. The van der Waals surface area contributed by atoms with Gasteiger partial charge in [0.05, 0.1) is 17.7 Å². The van der Waals surface area contributed by atoms with E-state index in [1.165, 1.54) is 25.3 Å². The fourth-order valence-electron chi connectivity index (χ4n) is 1.53. The van der Waals surface area contributed by atoms with Crippen molar-refractivity contribution in [2.24, 2.45) is 0 Å². The molecular formula is C12H19N3O4S. The molecule has 0 aliphatic heterocycles. The van der Waals surface area contributed by atoms with Crippen LogP contribution in [0.5, 0.6) is 5.75 Å². The first kappa shape index (κ1) is 16.3. The van der Waals surface area contributed by atoms with E-state index < -0.39 is 10.0 Å². The van der Waals surface area contributed by atoms with Gasteiger partial charge >= 0.3 is 0 Å². The molecule has 4 N–H and O–H groups in total. The normalized spacial score (nSPS) is 11.1. The van der Waals surface area contributed by atoms with Crippen molar-refractivity contribution in [1.82, 2.24) is 10.0 Å². The van der Waals surface area contributed by atoms with Crippen molar-refractivity contribution in [1.29, 1.82) is 0 Å². The lowest BCUT2D eigenvalue weighted by Crippen LogP contribution is -2.30. The van der Waals surface area contributed by atoms with Gasteiger partial charge in [0.15, 0.2) is 0 Å². The molecule has 1 amide bonds. The van der Waals surface area contributed by atoms with E-state index in [9.17, 15) is 13.2 Å². The third-order valence-electron chi connectivity index (χ3n) is 2.53. The maximum Gasteiger partial charge on any atom is 0.240 e. The summed E-state index contributed by atoms with van der Waals surface area (Å²) in [5.74, 6) is 0.0849. The Hall–Kier alpha value is -1.80. The summed E-state index contributed by atoms with van der Waals surface area (Å²) in [6, 6.07) is 4.17. The van der Waals surface area contributed by atoms with E-state index in [1.807, 2.05) is 0 Å². The summed E-state index contributed by atoms with van der Waals surface area (Å²) in [5, 5.41) is 2.59. The summed E-state index contributed by atoms with van der Waals surface area (Å²) >= 11 is 0. The summed E-state index contributed by atoms with van der Waals surface area (Å²) in [6.07, 6.45) is 0.0825. The van der Waals surface area contributed by atoms with Crippen molar-refractivity contribution >= 4 is 21.6 Å². The van der Waals surface area contributed by atoms with Gasteiger partial charge in [0, 0.05) is 25.6 Å². The van der Waals surface area contributed by atoms with Crippen molar-refractivity contribution in [3.05, 3.63) is 18.2 Å². The van der Waals surface area contributed by atoms with Crippen molar-refractivity contribution in [3.63, 3.8) is 0 Å². The minimum absolute atomic E-state index is 0.0286. The van der Waals surface area contributed by atoms with Crippen LogP contribution in [0, 0.1) is 0 Å². The number of methoxy groups -OCH3 is 1. The maximum absolute atomic E-state index is 12.0. The van der Waals surface area contributed by atoms with Gasteiger partial charge in [-0.15, -0.1) is 0 Å². The predicted molar refractivity (Wildman–Crippen MR) is 75.9 cm³/mol. The second-order valence-corrected chi connectivity index (χ2v) is 5.77. The lowest BCUT2D eigenvalue weighted by molar-refractivity contribution is -0.120. The highest BCUT2D eigenvalue weighted by Gasteiger charge is 2.16. The first-order chi connectivity index (χ1) is 9.40. The van der Waals surface area contributed by atoms with Gasteiger partial charge in [0.2, 0.25) is 15.9 Å². The minimum Gasteiger partial charge on any atom is -0.495 e. The Labute approximate surface area is 118 Å². The summed E-state index contributed by atoms with van der Waals surface area (Å²) < 4.78 is 31.3. The van der Waals surface area contributed by atoms with Crippen LogP contribution in [0.15, 0.2) is 23.1 Å². The van der Waals surface area contributed by atoms with Gasteiger partial charge < -0.3 is 15.8 Å². The fourth-order valence-corrected chi connectivity index (χ4v) is 2.57. The molecule has 8 heteroatoms. The molecule has 0 saturated heterocycles. The lowest BCUT2D eigenvalue weighted by Gasteiger charge is -2.09. The van der Waals surface area contributed by atoms with Crippen LogP contribution in [0.3, 0.4) is 0 Å². The number of hydrogen-bond acceptors (Lipinski definition) is 5. The number of nitrogens with two attached hydrogens (primary N) is 1. The summed E-state index contributed by atoms with van der Waals surface area (Å²) in [6.45, 7) is 2.34. The second-order valence-electron chi connectivity index (χ2n) is 4.01. The summed E-state index contributed by atoms with van der Waals surface area (Å²) in [5.41, 5.74) is 5.98. The Morgan fingerprint density at radius 1 is 1.40 bits per heavy atom. The van der Waals surface area contributed by atoms with E-state index in [0.29, 0.717) is 12.2 Å². The third-order valence-corrected chi connectivity index (χ3v) is 3.99. The molecule has 7 nitrogen and oxygen atoms in total. The molecule has 0 radical (unpaired) electrons. The van der Waals surface area contributed by atoms with Gasteiger partial charge in [-0.2, -0.15) is 0 Å². The van der Waals surface area contributed by atoms with Gasteiger partial charge in [0.25, 0.3) is 0 Å². The highest BCUT2D eigenvalue weighted by atomic mass is 32.2. The Bertz CT molecular complexity index is 572. The smallest absolute Gasteiger partial charge is 0.240 e. The fraction of sp³-hybridized carbons (Fsp3) is 0.417. The Morgan fingerprint density at radius 2 is 2.10 bits per heavy atom. The Kier molecular flexibility index (Phi) is 5.78. The quantitative estimate of drug-likeness (QED) is 0.618. The van der Waals surface area contributed by atoms with Crippen LogP contribution < -0.4 is 20.5 Å². The first-order valence-corrected chi connectivity index (χ1v) is 7.59. The van der Waals surface area contributed by atoms with E-state index in [-0.39, 0.29) is 29.5 Å². The average molecular weight is 301 g/mol. The van der Waals surface area contributed by atoms with E-state index in [0.717, 1.165) is 0 Å². The molecule has 0 saturated carbocycles. The third kappa shape index (κ3) is 4.39. The van der Waals surface area contributed by atoms with Gasteiger partial charge in [-0.1, -0.05) is 0 Å². The topological polar surface area (TPSA) is 111 Å². The SMILES string of the molecule is CCNC(=O)CCNS(=O)(=O)c1ccc(N)c(OC)c1. The van der Waals surface area contributed by atoms with Gasteiger partial charge in [-0.25, -0.2) is 13.1 Å². The number of carbonyl (C=O) groups is 1. The number of benzene rings is 1. The molecule has 0 fully saturated rings. The molecule has 0 spiro atoms. The predicted octanol–water partition coefficient (Wildman–Crippen LogP) is 0.0819. The van der Waals surface area contributed by atoms with Crippen molar-refractivity contribution < 1.29 is 17.9 Å². The molecule has 1 aromatic carbocycles. The second kappa shape index (κ2) is 7.11. The molecule has 0 unspecified atom stereocenters. The number of hydrogen-bond donors (Lipinski definition) is 3. The van der Waals surface area contributed by atoms with E-state index in [4.69, 9.17) is 10.5 Å². The number of anilines is 1. The molecule has 0 aliphatic carbocycles. The molecule has 20 heavy (non-hydrogen) atoms. The minimum atomic E-state index is -3.69. The molecule has 112 valence electrons. The van der Waals surface area contributed by atoms with Crippen LogP contribution in [0.4, 0.5) is 5.69 Å². The summed E-state index contributed by atoms with van der Waals surface area (Å²) in [4.78, 5) is 11.3. The van der Waals surface area contributed by atoms with Crippen LogP contribution >= 0.6 is 0 Å². The average Bonchev–Trinajstić information content (AvgIpc) is 2.39. The van der Waals surface area contributed by atoms with Crippen molar-refractivity contribution in [2.75, 3.05) is 25.9 Å². The van der Waals surface area contributed by atoms with E-state index >= 15 is 0 Å². The maximum atomic E-state index is 12.0. The van der Waals surface area contributed by atoms with Gasteiger partial charge in [0.1, 0.15) is 5.75 Å². The number of nitrogen functional groups attached to an aromatic ring is 1. The van der Waals surface area contributed by atoms with Crippen LogP contribution in [0.25, 0.3) is 0 Å². The molecule has 0 atom stereocenters. The zero-order valence-corrected chi connectivity index (χ0v) is 12.3. The molecule has 0 aliphatic rings. The number of rotatable bonds is 7. The largest absolute Gasteiger partial charge is 0.495 e. The van der Waals surface area contributed by atoms with Crippen molar-refractivity contribution in [3.8, 4) is 5.75 Å². The molecule has 0 aromatic heterocycles. The van der Waals surface area contributed by atoms with Crippen LogP contribution in [0.2, 0.25) is 0 Å². The highest BCUT2D eigenvalue weighted by molar-refractivity contribution is 7.89. The number of sulfonamides is 1. The lowest BCUT2D eigenvalue weighted by atomic mass is 10.3. The molecule has 1 aromatic rings. The van der Waals surface area contributed by atoms with E-state index in [1.54, 1.807) is 6.92 Å². The van der Waals surface area contributed by atoms with Crippen LogP contribution in [-0.4, -0.2) is 34.5 Å². The monoisotopic (exact) mass is 301 g/mol. The zero-order chi connectivity index (χ0) is 15.2. The van der Waals surface area contributed by atoms with Gasteiger partial charge in [-0.05, 0) is 19.1 Å². The summed E-state index contributed by atoms with van der Waals surface area (Å²) in [7, 11) is -2.28. The molecule has 1 rings (SSSR count). The highest BCUT2D eigenvalue weighted by Crippen LogP contribution is 2.24. The van der Waals surface area contributed by atoms with Gasteiger partial charge in [-0.3, -0.25) is 4.79 Å². The molecule has 0 bridgehead atoms. The van der Waals surface area contributed by atoms with Crippen molar-refractivity contribution in [2.45, 2.75) is 18.2 Å². The van der Waals surface area contributed by atoms with Crippen LogP contribution in [-0.2, 0) is 14.8 Å². The van der Waals surface area contributed by atoms with Crippen LogP contribution in [0.1, 0.15) is 13.3 Å².